The Morgan fingerprint density at radius 2 is 1.85 bits per heavy atom. The van der Waals surface area contributed by atoms with Gasteiger partial charge in [0.15, 0.2) is 0 Å². The lowest BCUT2D eigenvalue weighted by Crippen LogP contribution is -2.53. The van der Waals surface area contributed by atoms with Crippen molar-refractivity contribution in [1.82, 2.24) is 5.32 Å². The van der Waals surface area contributed by atoms with E-state index in [2.05, 4.69) is 5.32 Å². The molecular formula is C15H13NO4. The average molecular weight is 271 g/mol. The largest absolute Gasteiger partial charge is 0.496 e. The van der Waals surface area contributed by atoms with Crippen LogP contribution in [-0.2, 0) is 5.91 Å². The van der Waals surface area contributed by atoms with Gasteiger partial charge in [0.2, 0.25) is 0 Å². The highest BCUT2D eigenvalue weighted by atomic mass is 16.6. The summed E-state index contributed by atoms with van der Waals surface area (Å²) in [5.74, 6) is -1.60. The monoisotopic (exact) mass is 271 g/mol. The summed E-state index contributed by atoms with van der Waals surface area (Å²) in [4.78, 5) is 12.1. The fraction of sp³-hybridized carbons (Fsp3) is 0.133. The zero-order valence-electron chi connectivity index (χ0n) is 10.8. The van der Waals surface area contributed by atoms with Crippen LogP contribution in [0.25, 0.3) is 0 Å². The second-order valence-electron chi connectivity index (χ2n) is 4.40. The predicted octanol–water partition coefficient (Wildman–Crippen LogP) is 1.62. The minimum atomic E-state index is -1.95. The maximum Gasteiger partial charge on any atom is 0.324 e. The van der Waals surface area contributed by atoms with E-state index in [1.165, 1.54) is 7.11 Å². The lowest BCUT2D eigenvalue weighted by Gasteiger charge is -2.34. The number of amides is 1. The van der Waals surface area contributed by atoms with E-state index >= 15 is 0 Å². The number of fused-ring (bicyclic) bond motifs is 1. The van der Waals surface area contributed by atoms with Crippen LogP contribution in [0.1, 0.15) is 15.9 Å². The van der Waals surface area contributed by atoms with Gasteiger partial charge in [-0.05, 0) is 24.3 Å². The van der Waals surface area contributed by atoms with Gasteiger partial charge in [-0.15, -0.1) is 0 Å². The van der Waals surface area contributed by atoms with E-state index in [1.54, 1.807) is 48.5 Å². The van der Waals surface area contributed by atoms with Gasteiger partial charge in [-0.3, -0.25) is 10.1 Å². The molecule has 102 valence electrons. The van der Waals surface area contributed by atoms with Gasteiger partial charge in [0.1, 0.15) is 11.5 Å². The Labute approximate surface area is 115 Å². The third-order valence-corrected chi connectivity index (χ3v) is 3.14. The molecule has 5 heteroatoms. The van der Waals surface area contributed by atoms with E-state index in [0.29, 0.717) is 22.6 Å². The van der Waals surface area contributed by atoms with Crippen molar-refractivity contribution in [3.05, 3.63) is 59.7 Å². The van der Waals surface area contributed by atoms with Gasteiger partial charge in [0.25, 0.3) is 5.91 Å². The number of hydrogen-bond donors (Lipinski definition) is 2. The second-order valence-corrected chi connectivity index (χ2v) is 4.40. The Kier molecular flexibility index (Phi) is 2.84. The van der Waals surface area contributed by atoms with Crippen LogP contribution >= 0.6 is 0 Å². The Bertz CT molecular complexity index is 670. The molecule has 0 saturated carbocycles. The number of nitrogens with one attached hydrogen (secondary N) is 1. The molecule has 20 heavy (non-hydrogen) atoms. The average Bonchev–Trinajstić information content (AvgIpc) is 2.47. The number of carbonyl (C=O) groups is 1. The van der Waals surface area contributed by atoms with Crippen LogP contribution in [-0.4, -0.2) is 18.1 Å². The summed E-state index contributed by atoms with van der Waals surface area (Å²) < 4.78 is 10.8. The molecule has 3 rings (SSSR count). The summed E-state index contributed by atoms with van der Waals surface area (Å²) >= 11 is 0. The Hall–Kier alpha value is -2.53. The van der Waals surface area contributed by atoms with E-state index < -0.39 is 11.8 Å². The molecule has 0 bridgehead atoms. The third kappa shape index (κ3) is 1.88. The third-order valence-electron chi connectivity index (χ3n) is 3.14. The van der Waals surface area contributed by atoms with Crippen LogP contribution in [0.15, 0.2) is 48.5 Å². The molecule has 0 radical (unpaired) electrons. The molecule has 1 atom stereocenters. The molecule has 5 nitrogen and oxygen atoms in total. The van der Waals surface area contributed by atoms with Crippen molar-refractivity contribution >= 4 is 5.91 Å². The van der Waals surface area contributed by atoms with Crippen molar-refractivity contribution < 1.29 is 19.4 Å². The molecule has 2 aromatic carbocycles. The smallest absolute Gasteiger partial charge is 0.324 e. The molecule has 0 fully saturated rings. The van der Waals surface area contributed by atoms with E-state index in [0.717, 1.165) is 0 Å². The van der Waals surface area contributed by atoms with E-state index in [9.17, 15) is 9.90 Å². The molecular weight excluding hydrogens is 258 g/mol. The van der Waals surface area contributed by atoms with Gasteiger partial charge in [-0.2, -0.15) is 0 Å². The van der Waals surface area contributed by atoms with Crippen molar-refractivity contribution in [1.29, 1.82) is 0 Å². The molecule has 2 N–H and O–H groups in total. The van der Waals surface area contributed by atoms with Gasteiger partial charge >= 0.3 is 5.91 Å². The number of rotatable bonds is 2. The summed E-state index contributed by atoms with van der Waals surface area (Å²) in [5.41, 5.74) is 0.720. The molecule has 1 heterocycles. The van der Waals surface area contributed by atoms with Crippen LogP contribution < -0.4 is 14.8 Å². The van der Waals surface area contributed by atoms with Crippen LogP contribution in [0.2, 0.25) is 0 Å². The van der Waals surface area contributed by atoms with Crippen LogP contribution in [0.5, 0.6) is 11.5 Å². The summed E-state index contributed by atoms with van der Waals surface area (Å²) in [6, 6.07) is 13.5. The number of methoxy groups -OCH3 is 1. The minimum Gasteiger partial charge on any atom is -0.496 e. The molecule has 2 aromatic rings. The normalized spacial score (nSPS) is 20.6. The molecule has 1 unspecified atom stereocenters. The lowest BCUT2D eigenvalue weighted by molar-refractivity contribution is -0.168. The molecule has 1 amide bonds. The maximum absolute atomic E-state index is 12.1. The number of aliphatic hydroxyl groups is 1. The standard InChI is InChI=1S/C15H13NO4/c1-19-13-9-5-3-7-11(13)15(18)16-14(17)10-6-2-4-8-12(10)20-15/h2-9,18H,1H3,(H,16,17). The fourth-order valence-electron chi connectivity index (χ4n) is 2.20. The highest BCUT2D eigenvalue weighted by Crippen LogP contribution is 2.35. The van der Waals surface area contributed by atoms with Gasteiger partial charge < -0.3 is 14.6 Å². The SMILES string of the molecule is COc1ccccc1C1(O)NC(=O)c2ccccc2O1. The Morgan fingerprint density at radius 1 is 1.15 bits per heavy atom. The number of benzene rings is 2. The van der Waals surface area contributed by atoms with Gasteiger partial charge in [0.05, 0.1) is 18.2 Å². The zero-order chi connectivity index (χ0) is 14.2. The van der Waals surface area contributed by atoms with Gasteiger partial charge in [-0.25, -0.2) is 0 Å². The van der Waals surface area contributed by atoms with Crippen molar-refractivity contribution in [2.24, 2.45) is 0 Å². The first-order chi connectivity index (χ1) is 9.64. The van der Waals surface area contributed by atoms with E-state index in [-0.39, 0.29) is 0 Å². The van der Waals surface area contributed by atoms with Crippen molar-refractivity contribution in [3.63, 3.8) is 0 Å². The topological polar surface area (TPSA) is 67.8 Å². The van der Waals surface area contributed by atoms with Gasteiger partial charge in [-0.1, -0.05) is 24.3 Å². The number of hydrogen-bond acceptors (Lipinski definition) is 4. The summed E-state index contributed by atoms with van der Waals surface area (Å²) in [5, 5.41) is 13.1. The molecule has 1 aliphatic rings. The first-order valence-corrected chi connectivity index (χ1v) is 6.10. The second kappa shape index (κ2) is 4.54. The number of carbonyl (C=O) groups excluding carboxylic acids is 1. The van der Waals surface area contributed by atoms with Crippen LogP contribution in [0, 0.1) is 0 Å². The molecule has 0 aliphatic carbocycles. The van der Waals surface area contributed by atoms with Crippen LogP contribution in [0.3, 0.4) is 0 Å². The first kappa shape index (κ1) is 12.5. The first-order valence-electron chi connectivity index (χ1n) is 6.10. The highest BCUT2D eigenvalue weighted by Gasteiger charge is 2.41. The van der Waals surface area contributed by atoms with Crippen molar-refractivity contribution in [2.75, 3.05) is 7.11 Å². The molecule has 1 aliphatic heterocycles. The van der Waals surface area contributed by atoms with Gasteiger partial charge in [0, 0.05) is 0 Å². The molecule has 0 aromatic heterocycles. The fourth-order valence-corrected chi connectivity index (χ4v) is 2.20. The highest BCUT2D eigenvalue weighted by molar-refractivity contribution is 5.98. The summed E-state index contributed by atoms with van der Waals surface area (Å²) in [6.07, 6.45) is 0. The maximum atomic E-state index is 12.1. The molecule has 0 spiro atoms. The Balaban J connectivity index is 2.09. The molecule has 0 saturated heterocycles. The number of ether oxygens (including phenoxy) is 2. The summed E-state index contributed by atoms with van der Waals surface area (Å²) in [7, 11) is 1.49. The zero-order valence-corrected chi connectivity index (χ0v) is 10.8. The van der Waals surface area contributed by atoms with Crippen molar-refractivity contribution in [3.8, 4) is 11.5 Å². The Morgan fingerprint density at radius 3 is 2.65 bits per heavy atom. The lowest BCUT2D eigenvalue weighted by atomic mass is 10.1. The predicted molar refractivity (Wildman–Crippen MR) is 71.4 cm³/mol. The quantitative estimate of drug-likeness (QED) is 0.871. The number of para-hydroxylation sites is 2. The summed E-state index contributed by atoms with van der Waals surface area (Å²) in [6.45, 7) is 0. The van der Waals surface area contributed by atoms with E-state index in [1.807, 2.05) is 0 Å². The van der Waals surface area contributed by atoms with Crippen LogP contribution in [0.4, 0.5) is 0 Å². The minimum absolute atomic E-state index is 0.324. The van der Waals surface area contributed by atoms with E-state index in [4.69, 9.17) is 9.47 Å². The van der Waals surface area contributed by atoms with Crippen molar-refractivity contribution in [2.45, 2.75) is 5.91 Å².